The number of non-ortho nitro benzene ring substituents is 1. The van der Waals surface area contributed by atoms with Gasteiger partial charge in [0.2, 0.25) is 0 Å². The lowest BCUT2D eigenvalue weighted by Gasteiger charge is -2.14. The Balaban J connectivity index is 2.07. The number of aromatic nitrogens is 1. The summed E-state index contributed by atoms with van der Waals surface area (Å²) in [6.45, 7) is 4.78. The lowest BCUT2D eigenvalue weighted by Crippen LogP contribution is -2.30. The first-order valence-electron chi connectivity index (χ1n) is 7.65. The Kier molecular flexibility index (Phi) is 5.93. The van der Waals surface area contributed by atoms with E-state index >= 15 is 0 Å². The van der Waals surface area contributed by atoms with Gasteiger partial charge in [-0.3, -0.25) is 14.9 Å². The van der Waals surface area contributed by atoms with Crippen molar-refractivity contribution < 1.29 is 23.8 Å². The number of halogens is 1. The van der Waals surface area contributed by atoms with Crippen LogP contribution in [-0.2, 0) is 16.0 Å². The van der Waals surface area contributed by atoms with Crippen LogP contribution in [0.25, 0.3) is 0 Å². The molecule has 2 aromatic rings. The molecule has 1 aromatic carbocycles. The lowest BCUT2D eigenvalue weighted by molar-refractivity contribution is -0.384. The summed E-state index contributed by atoms with van der Waals surface area (Å²) >= 11 is 5.92. The van der Waals surface area contributed by atoms with Crippen molar-refractivity contribution in [2.75, 3.05) is 5.32 Å². The zero-order valence-electron chi connectivity index (χ0n) is 14.2. The van der Waals surface area contributed by atoms with Crippen LogP contribution in [0.15, 0.2) is 22.7 Å². The van der Waals surface area contributed by atoms with Gasteiger partial charge in [-0.05, 0) is 19.9 Å². The minimum atomic E-state index is -1.13. The highest BCUT2D eigenvalue weighted by Crippen LogP contribution is 2.27. The number of benzene rings is 1. The van der Waals surface area contributed by atoms with Crippen molar-refractivity contribution in [3.05, 3.63) is 50.4 Å². The van der Waals surface area contributed by atoms with E-state index in [1.807, 2.05) is 0 Å². The molecular weight excluding hydrogens is 366 g/mol. The largest absolute Gasteiger partial charge is 0.449 e. The van der Waals surface area contributed by atoms with Crippen molar-refractivity contribution in [2.45, 2.75) is 33.3 Å². The summed E-state index contributed by atoms with van der Waals surface area (Å²) in [5, 5.41) is 16.9. The van der Waals surface area contributed by atoms with Gasteiger partial charge in [0, 0.05) is 18.6 Å². The van der Waals surface area contributed by atoms with E-state index in [0.717, 1.165) is 6.07 Å². The number of aryl methyl sites for hydroxylation is 2. The van der Waals surface area contributed by atoms with Gasteiger partial charge in [0.25, 0.3) is 11.6 Å². The van der Waals surface area contributed by atoms with Gasteiger partial charge >= 0.3 is 5.97 Å². The predicted octanol–water partition coefficient (Wildman–Crippen LogP) is 3.29. The third kappa shape index (κ3) is 4.17. The van der Waals surface area contributed by atoms with Gasteiger partial charge < -0.3 is 14.6 Å². The molecule has 10 heteroatoms. The second-order valence-electron chi connectivity index (χ2n) is 5.38. The summed E-state index contributed by atoms with van der Waals surface area (Å²) < 4.78 is 10.2. The smallest absolute Gasteiger partial charge is 0.344 e. The third-order valence-corrected chi connectivity index (χ3v) is 3.85. The van der Waals surface area contributed by atoms with Crippen LogP contribution in [-0.4, -0.2) is 28.1 Å². The molecule has 2 rings (SSSR count). The number of hydrogen-bond donors (Lipinski definition) is 1. The van der Waals surface area contributed by atoms with Crippen molar-refractivity contribution in [3.63, 3.8) is 0 Å². The number of esters is 1. The molecule has 1 amide bonds. The standard InChI is InChI=1S/C16H16ClN3O6/c1-4-13-14(8(2)19-26-13)16(22)25-9(3)15(21)18-12-6-5-10(20(23)24)7-11(12)17/h5-7,9H,4H2,1-3H3,(H,18,21)/t9-/m0/s1. The summed E-state index contributed by atoms with van der Waals surface area (Å²) in [5.74, 6) is -0.988. The van der Waals surface area contributed by atoms with E-state index in [1.165, 1.54) is 19.1 Å². The van der Waals surface area contributed by atoms with Gasteiger partial charge in [-0.2, -0.15) is 0 Å². The SMILES string of the molecule is CCc1onc(C)c1C(=O)O[C@@H](C)C(=O)Nc1ccc([N+](=O)[O-])cc1Cl. The molecule has 0 aliphatic heterocycles. The Hall–Kier alpha value is -2.94. The fourth-order valence-corrected chi connectivity index (χ4v) is 2.37. The highest BCUT2D eigenvalue weighted by molar-refractivity contribution is 6.34. The Morgan fingerprint density at radius 2 is 2.15 bits per heavy atom. The van der Waals surface area contributed by atoms with Crippen LogP contribution < -0.4 is 5.32 Å². The van der Waals surface area contributed by atoms with Crippen molar-refractivity contribution in [1.29, 1.82) is 0 Å². The molecule has 1 heterocycles. The first kappa shape index (κ1) is 19.4. The molecule has 0 aliphatic carbocycles. The second kappa shape index (κ2) is 7.96. The van der Waals surface area contributed by atoms with Crippen LogP contribution in [0.2, 0.25) is 5.02 Å². The van der Waals surface area contributed by atoms with E-state index in [2.05, 4.69) is 10.5 Å². The highest BCUT2D eigenvalue weighted by atomic mass is 35.5. The van der Waals surface area contributed by atoms with E-state index < -0.39 is 22.9 Å². The number of carbonyl (C=O) groups is 2. The Morgan fingerprint density at radius 3 is 2.73 bits per heavy atom. The summed E-state index contributed by atoms with van der Waals surface area (Å²) in [5.41, 5.74) is 0.529. The molecule has 1 aromatic heterocycles. The van der Waals surface area contributed by atoms with Crippen LogP contribution in [0.3, 0.4) is 0 Å². The second-order valence-corrected chi connectivity index (χ2v) is 5.78. The number of ether oxygens (including phenoxy) is 1. The van der Waals surface area contributed by atoms with Crippen LogP contribution >= 0.6 is 11.6 Å². The Labute approximate surface area is 153 Å². The fraction of sp³-hybridized carbons (Fsp3) is 0.312. The molecule has 0 radical (unpaired) electrons. The number of nitrogens with zero attached hydrogens (tertiary/aromatic N) is 2. The maximum Gasteiger partial charge on any atom is 0.344 e. The Morgan fingerprint density at radius 1 is 1.46 bits per heavy atom. The number of anilines is 1. The van der Waals surface area contributed by atoms with Crippen molar-refractivity contribution in [2.24, 2.45) is 0 Å². The summed E-state index contributed by atoms with van der Waals surface area (Å²) in [6, 6.07) is 3.61. The molecule has 1 N–H and O–H groups in total. The molecule has 0 fully saturated rings. The lowest BCUT2D eigenvalue weighted by atomic mass is 10.1. The van der Waals surface area contributed by atoms with Gasteiger partial charge in [0.15, 0.2) is 11.9 Å². The topological polar surface area (TPSA) is 125 Å². The molecule has 1 atom stereocenters. The zero-order valence-corrected chi connectivity index (χ0v) is 15.0. The van der Waals surface area contributed by atoms with Gasteiger partial charge in [0.1, 0.15) is 5.56 Å². The highest BCUT2D eigenvalue weighted by Gasteiger charge is 2.25. The molecule has 138 valence electrons. The number of nitro benzene ring substituents is 1. The minimum absolute atomic E-state index is 0.00535. The molecule has 26 heavy (non-hydrogen) atoms. The van der Waals surface area contributed by atoms with E-state index in [4.69, 9.17) is 20.9 Å². The summed E-state index contributed by atoms with van der Waals surface area (Å²) in [6.07, 6.45) is -0.683. The van der Waals surface area contributed by atoms with E-state index in [1.54, 1.807) is 13.8 Å². The number of rotatable bonds is 6. The number of nitro groups is 1. The normalized spacial score (nSPS) is 11.7. The average molecular weight is 382 g/mol. The number of nitrogens with one attached hydrogen (secondary N) is 1. The number of amides is 1. The van der Waals surface area contributed by atoms with Crippen LogP contribution in [0, 0.1) is 17.0 Å². The maximum atomic E-state index is 12.3. The number of hydrogen-bond acceptors (Lipinski definition) is 7. The van der Waals surface area contributed by atoms with Crippen molar-refractivity contribution in [3.8, 4) is 0 Å². The Bertz CT molecular complexity index is 864. The molecule has 0 saturated heterocycles. The van der Waals surface area contributed by atoms with E-state index in [0.29, 0.717) is 17.9 Å². The molecule has 0 bridgehead atoms. The van der Waals surface area contributed by atoms with Crippen molar-refractivity contribution >= 4 is 34.9 Å². The van der Waals surface area contributed by atoms with Gasteiger partial charge in [-0.15, -0.1) is 0 Å². The van der Waals surface area contributed by atoms with Crippen LogP contribution in [0.1, 0.15) is 35.7 Å². The van der Waals surface area contributed by atoms with Crippen LogP contribution in [0.4, 0.5) is 11.4 Å². The predicted molar refractivity (Wildman–Crippen MR) is 92.2 cm³/mol. The van der Waals surface area contributed by atoms with E-state index in [9.17, 15) is 19.7 Å². The zero-order chi connectivity index (χ0) is 19.4. The van der Waals surface area contributed by atoms with E-state index in [-0.39, 0.29) is 22.0 Å². The average Bonchev–Trinajstić information content (AvgIpc) is 2.97. The molecule has 0 unspecified atom stereocenters. The fourth-order valence-electron chi connectivity index (χ4n) is 2.15. The molecule has 0 saturated carbocycles. The first-order chi connectivity index (χ1) is 12.2. The minimum Gasteiger partial charge on any atom is -0.449 e. The van der Waals surface area contributed by atoms with Gasteiger partial charge in [-0.1, -0.05) is 23.7 Å². The van der Waals surface area contributed by atoms with Gasteiger partial charge in [0.05, 0.1) is 21.3 Å². The van der Waals surface area contributed by atoms with Gasteiger partial charge in [-0.25, -0.2) is 4.79 Å². The maximum absolute atomic E-state index is 12.3. The monoisotopic (exact) mass is 381 g/mol. The summed E-state index contributed by atoms with van der Waals surface area (Å²) in [7, 11) is 0. The quantitative estimate of drug-likeness (QED) is 0.462. The number of carbonyl (C=O) groups excluding carboxylic acids is 2. The van der Waals surface area contributed by atoms with Crippen LogP contribution in [0.5, 0.6) is 0 Å². The third-order valence-electron chi connectivity index (χ3n) is 3.53. The molecule has 0 spiro atoms. The molecule has 0 aliphatic rings. The van der Waals surface area contributed by atoms with Crippen molar-refractivity contribution in [1.82, 2.24) is 5.16 Å². The first-order valence-corrected chi connectivity index (χ1v) is 8.03. The molecule has 9 nitrogen and oxygen atoms in total. The summed E-state index contributed by atoms with van der Waals surface area (Å²) in [4.78, 5) is 34.6. The molecular formula is C16H16ClN3O6.